The molecule has 0 radical (unpaired) electrons. The Labute approximate surface area is 156 Å². The second kappa shape index (κ2) is 8.53. The van der Waals surface area contributed by atoms with E-state index < -0.39 is 0 Å². The van der Waals surface area contributed by atoms with Crippen LogP contribution in [0.4, 0.5) is 0 Å². The van der Waals surface area contributed by atoms with Gasteiger partial charge in [0.25, 0.3) is 0 Å². The molecule has 2 aliphatic heterocycles. The highest BCUT2D eigenvalue weighted by atomic mass is 16.5. The Balaban J connectivity index is 1.30. The molecular formula is C17H23N7O3. The molecule has 4 atom stereocenters. The van der Waals surface area contributed by atoms with Crippen molar-refractivity contribution in [3.8, 4) is 0 Å². The van der Waals surface area contributed by atoms with Gasteiger partial charge in [-0.2, -0.15) is 0 Å². The van der Waals surface area contributed by atoms with Crippen LogP contribution in [0.2, 0.25) is 0 Å². The van der Waals surface area contributed by atoms with Crippen molar-refractivity contribution in [2.45, 2.75) is 43.8 Å². The molecule has 2 aliphatic rings. The van der Waals surface area contributed by atoms with Gasteiger partial charge in [-0.1, -0.05) is 30.3 Å². The molecule has 0 bridgehead atoms. The van der Waals surface area contributed by atoms with Gasteiger partial charge in [-0.3, -0.25) is 4.79 Å². The van der Waals surface area contributed by atoms with Gasteiger partial charge in [0.2, 0.25) is 5.91 Å². The number of rotatable bonds is 6. The van der Waals surface area contributed by atoms with Crippen molar-refractivity contribution >= 4 is 5.91 Å². The maximum absolute atomic E-state index is 12.7. The second-order valence-electron chi connectivity index (χ2n) is 6.70. The highest BCUT2D eigenvalue weighted by Gasteiger charge is 2.34. The van der Waals surface area contributed by atoms with Gasteiger partial charge >= 0.3 is 0 Å². The van der Waals surface area contributed by atoms with E-state index in [1.807, 2.05) is 30.3 Å². The van der Waals surface area contributed by atoms with E-state index in [-0.39, 0.29) is 30.3 Å². The van der Waals surface area contributed by atoms with E-state index in [0.29, 0.717) is 26.2 Å². The molecule has 27 heavy (non-hydrogen) atoms. The number of hydrogen-bond donors (Lipinski definition) is 3. The number of tetrazole rings is 1. The lowest BCUT2D eigenvalue weighted by atomic mass is 10.1. The standard InChI is InChI=1S/C17H23N7O3/c25-17(13-8-16(21-20-13)24-11-18-22-23-24)19-14-10-26-7-6-15(14)27-9-12-4-2-1-3-5-12/h1-5,11,13-16,20-21H,6-10H2,(H,19,25)/t13?,14-,15+,16?/m1/s1. The van der Waals surface area contributed by atoms with Crippen LogP contribution in [0, 0.1) is 0 Å². The van der Waals surface area contributed by atoms with E-state index >= 15 is 0 Å². The first kappa shape index (κ1) is 18.0. The molecule has 0 saturated carbocycles. The number of aromatic nitrogens is 4. The summed E-state index contributed by atoms with van der Waals surface area (Å²) in [6.07, 6.45) is 2.57. The van der Waals surface area contributed by atoms with Crippen molar-refractivity contribution in [3.05, 3.63) is 42.2 Å². The number of benzene rings is 1. The van der Waals surface area contributed by atoms with Crippen LogP contribution in [0.3, 0.4) is 0 Å². The Hall–Kier alpha value is -2.40. The molecule has 2 unspecified atom stereocenters. The zero-order valence-corrected chi connectivity index (χ0v) is 14.8. The van der Waals surface area contributed by atoms with Crippen molar-refractivity contribution < 1.29 is 14.3 Å². The fourth-order valence-electron chi connectivity index (χ4n) is 3.31. The summed E-state index contributed by atoms with van der Waals surface area (Å²) in [5, 5.41) is 14.1. The van der Waals surface area contributed by atoms with Crippen LogP contribution in [0.1, 0.15) is 24.6 Å². The number of carbonyl (C=O) groups excluding carboxylic acids is 1. The first-order valence-electron chi connectivity index (χ1n) is 9.07. The Morgan fingerprint density at radius 2 is 2.22 bits per heavy atom. The summed E-state index contributed by atoms with van der Waals surface area (Å²) in [4.78, 5) is 12.7. The molecule has 0 aliphatic carbocycles. The van der Waals surface area contributed by atoms with Gasteiger partial charge in [0.05, 0.1) is 25.4 Å². The zero-order valence-electron chi connectivity index (χ0n) is 14.8. The Morgan fingerprint density at radius 1 is 1.33 bits per heavy atom. The van der Waals surface area contributed by atoms with Crippen molar-refractivity contribution in [1.29, 1.82) is 0 Å². The Morgan fingerprint density at radius 3 is 3.04 bits per heavy atom. The van der Waals surface area contributed by atoms with Crippen LogP contribution in [-0.2, 0) is 20.9 Å². The van der Waals surface area contributed by atoms with Gasteiger partial charge in [-0.15, -0.1) is 5.10 Å². The van der Waals surface area contributed by atoms with Crippen LogP contribution in [0.5, 0.6) is 0 Å². The summed E-state index contributed by atoms with van der Waals surface area (Å²) in [6.45, 7) is 1.60. The highest BCUT2D eigenvalue weighted by Crippen LogP contribution is 2.17. The predicted octanol–water partition coefficient (Wildman–Crippen LogP) is -0.471. The summed E-state index contributed by atoms with van der Waals surface area (Å²) in [7, 11) is 0. The minimum absolute atomic E-state index is 0.0763. The van der Waals surface area contributed by atoms with Gasteiger partial charge < -0.3 is 14.8 Å². The van der Waals surface area contributed by atoms with Crippen LogP contribution >= 0.6 is 0 Å². The maximum atomic E-state index is 12.7. The number of carbonyl (C=O) groups is 1. The molecule has 4 rings (SSSR count). The molecule has 3 N–H and O–H groups in total. The quantitative estimate of drug-likeness (QED) is 0.622. The normalized spacial score (nSPS) is 28.1. The van der Waals surface area contributed by atoms with Gasteiger partial charge in [0.1, 0.15) is 18.5 Å². The molecule has 3 heterocycles. The number of amides is 1. The van der Waals surface area contributed by atoms with Gasteiger partial charge in [-0.25, -0.2) is 15.5 Å². The van der Waals surface area contributed by atoms with Crippen molar-refractivity contribution in [3.63, 3.8) is 0 Å². The first-order chi connectivity index (χ1) is 13.3. The van der Waals surface area contributed by atoms with E-state index in [2.05, 4.69) is 31.7 Å². The average molecular weight is 373 g/mol. The van der Waals surface area contributed by atoms with Gasteiger partial charge in [-0.05, 0) is 22.4 Å². The van der Waals surface area contributed by atoms with E-state index in [4.69, 9.17) is 9.47 Å². The van der Waals surface area contributed by atoms with Crippen molar-refractivity contribution in [1.82, 2.24) is 36.4 Å². The summed E-state index contributed by atoms with van der Waals surface area (Å²) < 4.78 is 13.2. The summed E-state index contributed by atoms with van der Waals surface area (Å²) in [6, 6.07) is 9.45. The van der Waals surface area contributed by atoms with Crippen LogP contribution < -0.4 is 16.2 Å². The summed E-state index contributed by atoms with van der Waals surface area (Å²) in [5.41, 5.74) is 7.14. The monoisotopic (exact) mass is 373 g/mol. The van der Waals surface area contributed by atoms with Gasteiger partial charge in [0.15, 0.2) is 0 Å². The lowest BCUT2D eigenvalue weighted by Gasteiger charge is -2.32. The second-order valence-corrected chi connectivity index (χ2v) is 6.70. The lowest BCUT2D eigenvalue weighted by molar-refractivity contribution is -0.128. The number of hydrazine groups is 1. The third kappa shape index (κ3) is 4.48. The van der Waals surface area contributed by atoms with Gasteiger partial charge in [0, 0.05) is 13.0 Å². The zero-order chi connectivity index (χ0) is 18.5. The lowest BCUT2D eigenvalue weighted by Crippen LogP contribution is -2.54. The SMILES string of the molecule is O=C(N[C@@H]1COCC[C@@H]1OCc1ccccc1)C1CC(n2cnnn2)NN1. The molecular weight excluding hydrogens is 350 g/mol. The number of ether oxygens (including phenoxy) is 2. The third-order valence-electron chi connectivity index (χ3n) is 4.81. The molecule has 1 aromatic heterocycles. The molecule has 2 aromatic rings. The highest BCUT2D eigenvalue weighted by molar-refractivity contribution is 5.82. The molecule has 1 aromatic carbocycles. The summed E-state index contributed by atoms with van der Waals surface area (Å²) in [5.74, 6) is -0.0955. The minimum Gasteiger partial charge on any atom is -0.379 e. The largest absolute Gasteiger partial charge is 0.379 e. The number of hydrogen-bond acceptors (Lipinski definition) is 8. The van der Waals surface area contributed by atoms with Crippen molar-refractivity contribution in [2.24, 2.45) is 0 Å². The van der Waals surface area contributed by atoms with E-state index in [0.717, 1.165) is 12.0 Å². The smallest absolute Gasteiger partial charge is 0.239 e. The minimum atomic E-state index is -0.379. The van der Waals surface area contributed by atoms with Crippen molar-refractivity contribution in [2.75, 3.05) is 13.2 Å². The first-order valence-corrected chi connectivity index (χ1v) is 9.07. The van der Waals surface area contributed by atoms with E-state index in [1.165, 1.54) is 6.33 Å². The summed E-state index contributed by atoms with van der Waals surface area (Å²) >= 11 is 0. The molecule has 2 saturated heterocycles. The number of nitrogens with zero attached hydrogens (tertiary/aromatic N) is 4. The van der Waals surface area contributed by atoms with Crippen LogP contribution in [-0.4, -0.2) is 57.5 Å². The molecule has 1 amide bonds. The molecule has 10 heteroatoms. The van der Waals surface area contributed by atoms with E-state index in [1.54, 1.807) is 4.68 Å². The average Bonchev–Trinajstić information content (AvgIpc) is 3.40. The van der Waals surface area contributed by atoms with Crippen LogP contribution in [0.25, 0.3) is 0 Å². The molecule has 10 nitrogen and oxygen atoms in total. The fraction of sp³-hybridized carbons (Fsp3) is 0.529. The fourth-order valence-corrected chi connectivity index (χ4v) is 3.31. The Kier molecular flexibility index (Phi) is 5.68. The van der Waals surface area contributed by atoms with E-state index in [9.17, 15) is 4.79 Å². The van der Waals surface area contributed by atoms with Crippen LogP contribution in [0.15, 0.2) is 36.7 Å². The topological polar surface area (TPSA) is 115 Å². The molecule has 144 valence electrons. The predicted molar refractivity (Wildman–Crippen MR) is 93.9 cm³/mol. The number of nitrogens with one attached hydrogen (secondary N) is 3. The third-order valence-corrected chi connectivity index (χ3v) is 4.81. The maximum Gasteiger partial charge on any atom is 0.239 e. The Bertz CT molecular complexity index is 727. The molecule has 2 fully saturated rings. The molecule has 0 spiro atoms.